The Hall–Kier alpha value is -2.31. The second-order valence-electron chi connectivity index (χ2n) is 9.67. The third-order valence-corrected chi connectivity index (χ3v) is 5.87. The van der Waals surface area contributed by atoms with E-state index in [-0.39, 0.29) is 0 Å². The van der Waals surface area contributed by atoms with E-state index in [0.717, 1.165) is 55.2 Å². The number of nitrogens with zero attached hydrogens (tertiary/aromatic N) is 3. The quantitative estimate of drug-likeness (QED) is 0.391. The number of rotatable bonds is 12. The molecule has 1 aromatic carbocycles. The summed E-state index contributed by atoms with van der Waals surface area (Å²) in [4.78, 5) is 0. The third kappa shape index (κ3) is 7.50. The molecule has 0 aromatic heterocycles. The highest BCUT2D eigenvalue weighted by Gasteiger charge is 2.23. The second-order valence-corrected chi connectivity index (χ2v) is 9.67. The first-order valence-electron chi connectivity index (χ1n) is 11.5. The van der Waals surface area contributed by atoms with Gasteiger partial charge < -0.3 is 0 Å². The van der Waals surface area contributed by atoms with Crippen LogP contribution in [0, 0.1) is 51.7 Å². The summed E-state index contributed by atoms with van der Waals surface area (Å²) in [6.45, 7) is 13.3. The molecule has 0 atom stereocenters. The summed E-state index contributed by atoms with van der Waals surface area (Å²) in [5, 5.41) is 28.9. The van der Waals surface area contributed by atoms with Gasteiger partial charge in [0.25, 0.3) is 0 Å². The zero-order valence-corrected chi connectivity index (χ0v) is 19.9. The fourth-order valence-corrected chi connectivity index (χ4v) is 4.17. The van der Waals surface area contributed by atoms with Crippen molar-refractivity contribution in [2.45, 2.75) is 99.3 Å². The van der Waals surface area contributed by atoms with Crippen molar-refractivity contribution in [2.75, 3.05) is 0 Å². The molecule has 0 heterocycles. The molecule has 162 valence electrons. The highest BCUT2D eigenvalue weighted by Crippen LogP contribution is 2.34. The molecule has 0 amide bonds. The number of nitriles is 3. The maximum atomic E-state index is 9.63. The minimum absolute atomic E-state index is 0.363. The van der Waals surface area contributed by atoms with Crippen molar-refractivity contribution in [1.29, 1.82) is 15.8 Å². The van der Waals surface area contributed by atoms with E-state index in [1.165, 1.54) is 16.7 Å². The van der Waals surface area contributed by atoms with Gasteiger partial charge in [-0.15, -0.1) is 0 Å². The van der Waals surface area contributed by atoms with Crippen LogP contribution < -0.4 is 0 Å². The fraction of sp³-hybridized carbons (Fsp3) is 0.667. The van der Waals surface area contributed by atoms with Crippen LogP contribution >= 0.6 is 0 Å². The van der Waals surface area contributed by atoms with Crippen molar-refractivity contribution in [2.24, 2.45) is 17.8 Å². The molecular weight excluding hydrogens is 366 g/mol. The van der Waals surface area contributed by atoms with Gasteiger partial charge in [0.15, 0.2) is 0 Å². The molecule has 3 nitrogen and oxygen atoms in total. The molecule has 1 rings (SSSR count). The lowest BCUT2D eigenvalue weighted by Crippen LogP contribution is -2.15. The molecule has 30 heavy (non-hydrogen) atoms. The average Bonchev–Trinajstić information content (AvgIpc) is 2.66. The monoisotopic (exact) mass is 405 g/mol. The topological polar surface area (TPSA) is 71.4 Å². The van der Waals surface area contributed by atoms with Gasteiger partial charge in [-0.25, -0.2) is 0 Å². The van der Waals surface area contributed by atoms with Crippen molar-refractivity contribution in [3.63, 3.8) is 0 Å². The minimum Gasteiger partial charge on any atom is -0.198 e. The summed E-state index contributed by atoms with van der Waals surface area (Å²) < 4.78 is 0. The van der Waals surface area contributed by atoms with Gasteiger partial charge in [0.1, 0.15) is 0 Å². The van der Waals surface area contributed by atoms with Crippen molar-refractivity contribution in [3.05, 3.63) is 33.4 Å². The standard InChI is InChI=1S/C27H39N3/c1-19(2)7-10-22-25(13-16-28)23(11-8-20(3)4)27(15-18-30)24(12-9-21(5)6)26(22)14-17-29/h19-21H,7-15H2,1-6H3. The van der Waals surface area contributed by atoms with Crippen LogP contribution in [0.15, 0.2) is 0 Å². The molecule has 0 bridgehead atoms. The lowest BCUT2D eigenvalue weighted by molar-refractivity contribution is 0.569. The molecule has 0 spiro atoms. The summed E-state index contributed by atoms with van der Waals surface area (Å²) in [7, 11) is 0. The largest absolute Gasteiger partial charge is 0.198 e. The van der Waals surface area contributed by atoms with E-state index < -0.39 is 0 Å². The first-order valence-corrected chi connectivity index (χ1v) is 11.5. The van der Waals surface area contributed by atoms with E-state index in [2.05, 4.69) is 59.8 Å². The van der Waals surface area contributed by atoms with Gasteiger partial charge in [-0.1, -0.05) is 41.5 Å². The lowest BCUT2D eigenvalue weighted by Gasteiger charge is -2.26. The van der Waals surface area contributed by atoms with Crippen molar-refractivity contribution in [1.82, 2.24) is 0 Å². The number of hydrogen-bond donors (Lipinski definition) is 0. The molecule has 0 unspecified atom stereocenters. The first kappa shape index (κ1) is 25.7. The summed E-state index contributed by atoms with van der Waals surface area (Å²) in [5.74, 6) is 1.69. The predicted molar refractivity (Wildman–Crippen MR) is 124 cm³/mol. The SMILES string of the molecule is CC(C)CCc1c(CC#N)c(CCC(C)C)c(CC#N)c(CCC(C)C)c1CC#N. The Bertz CT molecular complexity index is 680. The third-order valence-electron chi connectivity index (χ3n) is 5.87. The molecule has 0 saturated carbocycles. The van der Waals surface area contributed by atoms with Crippen LogP contribution in [-0.4, -0.2) is 0 Å². The molecule has 0 radical (unpaired) electrons. The Labute approximate surface area is 184 Å². The molecule has 0 aliphatic carbocycles. The predicted octanol–water partition coefficient (Wildman–Crippen LogP) is 6.65. The molecular formula is C27H39N3. The second kappa shape index (κ2) is 13.1. The maximum absolute atomic E-state index is 9.63. The van der Waals surface area contributed by atoms with E-state index >= 15 is 0 Å². The highest BCUT2D eigenvalue weighted by molar-refractivity contribution is 5.55. The first-order chi connectivity index (χ1) is 14.3. The zero-order valence-electron chi connectivity index (χ0n) is 19.9. The van der Waals surface area contributed by atoms with Gasteiger partial charge in [-0.2, -0.15) is 15.8 Å². The molecule has 0 fully saturated rings. The molecule has 3 heteroatoms. The Morgan fingerprint density at radius 3 is 0.867 bits per heavy atom. The summed E-state index contributed by atoms with van der Waals surface area (Å²) in [6.07, 6.45) is 6.93. The number of hydrogen-bond acceptors (Lipinski definition) is 3. The Kier molecular flexibility index (Phi) is 11.2. The van der Waals surface area contributed by atoms with E-state index in [0.29, 0.717) is 37.0 Å². The number of benzene rings is 1. The fourth-order valence-electron chi connectivity index (χ4n) is 4.17. The van der Waals surface area contributed by atoms with Crippen LogP contribution in [0.4, 0.5) is 0 Å². The van der Waals surface area contributed by atoms with Crippen LogP contribution in [0.3, 0.4) is 0 Å². The van der Waals surface area contributed by atoms with Crippen molar-refractivity contribution >= 4 is 0 Å². The van der Waals surface area contributed by atoms with Gasteiger partial charge in [0.05, 0.1) is 37.5 Å². The maximum Gasteiger partial charge on any atom is 0.0669 e. The summed E-state index contributed by atoms with van der Waals surface area (Å²) in [5.41, 5.74) is 7.02. The Morgan fingerprint density at radius 1 is 0.467 bits per heavy atom. The van der Waals surface area contributed by atoms with Gasteiger partial charge in [0.2, 0.25) is 0 Å². The smallest absolute Gasteiger partial charge is 0.0669 e. The Balaban J connectivity index is 3.85. The van der Waals surface area contributed by atoms with Crippen LogP contribution in [0.5, 0.6) is 0 Å². The van der Waals surface area contributed by atoms with E-state index in [1.807, 2.05) is 0 Å². The molecule has 0 aliphatic rings. The van der Waals surface area contributed by atoms with Gasteiger partial charge in [-0.3, -0.25) is 0 Å². The van der Waals surface area contributed by atoms with Crippen molar-refractivity contribution < 1.29 is 0 Å². The van der Waals surface area contributed by atoms with Crippen molar-refractivity contribution in [3.8, 4) is 18.2 Å². The van der Waals surface area contributed by atoms with Crippen LogP contribution in [-0.2, 0) is 38.5 Å². The Morgan fingerprint density at radius 2 is 0.700 bits per heavy atom. The molecule has 0 saturated heterocycles. The zero-order chi connectivity index (χ0) is 22.7. The van der Waals surface area contributed by atoms with Crippen LogP contribution in [0.2, 0.25) is 0 Å². The van der Waals surface area contributed by atoms with Gasteiger partial charge >= 0.3 is 0 Å². The van der Waals surface area contributed by atoms with Gasteiger partial charge in [0, 0.05) is 0 Å². The van der Waals surface area contributed by atoms with Crippen LogP contribution in [0.1, 0.15) is 94.2 Å². The van der Waals surface area contributed by atoms with E-state index in [1.54, 1.807) is 0 Å². The van der Waals surface area contributed by atoms with Crippen LogP contribution in [0.25, 0.3) is 0 Å². The summed E-state index contributed by atoms with van der Waals surface area (Å²) in [6, 6.07) is 7.15. The minimum atomic E-state index is 0.363. The van der Waals surface area contributed by atoms with E-state index in [4.69, 9.17) is 0 Å². The van der Waals surface area contributed by atoms with Gasteiger partial charge in [-0.05, 0) is 89.7 Å². The molecule has 0 N–H and O–H groups in total. The molecule has 1 aromatic rings. The molecule has 0 aliphatic heterocycles. The normalized spacial score (nSPS) is 11.0. The highest BCUT2D eigenvalue weighted by atomic mass is 14.3. The lowest BCUT2D eigenvalue weighted by atomic mass is 9.78. The summed E-state index contributed by atoms with van der Waals surface area (Å²) >= 11 is 0. The van der Waals surface area contributed by atoms with E-state index in [9.17, 15) is 15.8 Å². The average molecular weight is 406 g/mol.